The van der Waals surface area contributed by atoms with Gasteiger partial charge in [0.25, 0.3) is 0 Å². The molecular formula is C16H15F3S. The molecule has 0 heterocycles. The highest BCUT2D eigenvalue weighted by Crippen LogP contribution is 2.33. The van der Waals surface area contributed by atoms with Gasteiger partial charge in [-0.15, -0.1) is 0 Å². The Kier molecular flexibility index (Phi) is 4.43. The number of hydrogen-bond acceptors (Lipinski definition) is 1. The van der Waals surface area contributed by atoms with E-state index in [0.29, 0.717) is 0 Å². The zero-order valence-electron chi connectivity index (χ0n) is 11.3. The molecule has 0 aliphatic rings. The van der Waals surface area contributed by atoms with Crippen molar-refractivity contribution in [3.63, 3.8) is 0 Å². The SMILES string of the molecule is CCc1ccc(Sc2ccc(C(F)(F)F)cc2)cc1C. The maximum Gasteiger partial charge on any atom is 0.416 e. The Morgan fingerprint density at radius 1 is 0.950 bits per heavy atom. The molecule has 20 heavy (non-hydrogen) atoms. The molecule has 0 bridgehead atoms. The Hall–Kier alpha value is -1.42. The molecule has 0 saturated carbocycles. The fourth-order valence-electron chi connectivity index (χ4n) is 1.98. The van der Waals surface area contributed by atoms with Crippen molar-refractivity contribution in [2.75, 3.05) is 0 Å². The molecule has 4 heteroatoms. The minimum Gasteiger partial charge on any atom is -0.166 e. The second-order valence-electron chi connectivity index (χ2n) is 4.57. The van der Waals surface area contributed by atoms with Gasteiger partial charge in [0.1, 0.15) is 0 Å². The number of alkyl halides is 3. The average Bonchev–Trinajstić information content (AvgIpc) is 2.38. The van der Waals surface area contributed by atoms with E-state index < -0.39 is 11.7 Å². The van der Waals surface area contributed by atoms with Crippen LogP contribution in [0, 0.1) is 6.92 Å². The second kappa shape index (κ2) is 5.92. The predicted molar refractivity (Wildman–Crippen MR) is 76.1 cm³/mol. The number of halogens is 3. The summed E-state index contributed by atoms with van der Waals surface area (Å²) in [7, 11) is 0. The number of benzene rings is 2. The van der Waals surface area contributed by atoms with Crippen LogP contribution in [0.25, 0.3) is 0 Å². The minimum atomic E-state index is -4.28. The first-order valence-electron chi connectivity index (χ1n) is 6.35. The highest BCUT2D eigenvalue weighted by Gasteiger charge is 2.29. The maximum absolute atomic E-state index is 12.5. The molecule has 106 valence electrons. The van der Waals surface area contributed by atoms with Crippen LogP contribution in [0.4, 0.5) is 13.2 Å². The summed E-state index contributed by atoms with van der Waals surface area (Å²) in [5.74, 6) is 0. The van der Waals surface area contributed by atoms with Crippen LogP contribution >= 0.6 is 11.8 Å². The Balaban J connectivity index is 2.16. The Bertz CT molecular complexity index is 586. The molecule has 0 amide bonds. The van der Waals surface area contributed by atoms with Gasteiger partial charge < -0.3 is 0 Å². The van der Waals surface area contributed by atoms with Gasteiger partial charge >= 0.3 is 6.18 Å². The van der Waals surface area contributed by atoms with Crippen LogP contribution in [0.15, 0.2) is 52.3 Å². The summed E-state index contributed by atoms with van der Waals surface area (Å²) in [6.07, 6.45) is -3.29. The molecule has 0 saturated heterocycles. The van der Waals surface area contributed by atoms with Crippen LogP contribution in [0.2, 0.25) is 0 Å². The molecule has 0 aromatic heterocycles. The summed E-state index contributed by atoms with van der Waals surface area (Å²) < 4.78 is 37.4. The topological polar surface area (TPSA) is 0 Å². The molecule has 0 spiro atoms. The van der Waals surface area contributed by atoms with Gasteiger partial charge in [0.05, 0.1) is 5.56 Å². The largest absolute Gasteiger partial charge is 0.416 e. The summed E-state index contributed by atoms with van der Waals surface area (Å²) in [4.78, 5) is 1.85. The molecule has 2 aromatic rings. The lowest BCUT2D eigenvalue weighted by atomic mass is 10.1. The van der Waals surface area contributed by atoms with Gasteiger partial charge in [0.2, 0.25) is 0 Å². The summed E-state index contributed by atoms with van der Waals surface area (Å²) in [5, 5.41) is 0. The standard InChI is InChI=1S/C16H15F3S/c1-3-12-4-7-15(10-11(12)2)20-14-8-5-13(6-9-14)16(17,18)19/h4-10H,3H2,1-2H3. The smallest absolute Gasteiger partial charge is 0.166 e. The van der Waals surface area contributed by atoms with Crippen molar-refractivity contribution < 1.29 is 13.2 Å². The van der Waals surface area contributed by atoms with Crippen LogP contribution in [0.1, 0.15) is 23.6 Å². The normalized spacial score (nSPS) is 11.7. The third-order valence-electron chi connectivity index (χ3n) is 3.11. The first-order valence-corrected chi connectivity index (χ1v) is 7.16. The van der Waals surface area contributed by atoms with Crippen LogP contribution in [-0.2, 0) is 12.6 Å². The van der Waals surface area contributed by atoms with E-state index in [4.69, 9.17) is 0 Å². The van der Waals surface area contributed by atoms with E-state index >= 15 is 0 Å². The molecule has 0 aliphatic carbocycles. The lowest BCUT2D eigenvalue weighted by molar-refractivity contribution is -0.137. The first-order chi connectivity index (χ1) is 9.40. The summed E-state index contributed by atoms with van der Waals surface area (Å²) in [6.45, 7) is 4.15. The second-order valence-corrected chi connectivity index (χ2v) is 5.71. The maximum atomic E-state index is 12.5. The number of hydrogen-bond donors (Lipinski definition) is 0. The Morgan fingerprint density at radius 3 is 2.05 bits per heavy atom. The number of aryl methyl sites for hydroxylation is 2. The third-order valence-corrected chi connectivity index (χ3v) is 4.11. The molecule has 0 atom stereocenters. The highest BCUT2D eigenvalue weighted by atomic mass is 32.2. The first kappa shape index (κ1) is 15.0. The molecule has 0 nitrogen and oxygen atoms in total. The van der Waals surface area contributed by atoms with Crippen molar-refractivity contribution in [2.45, 2.75) is 36.2 Å². The van der Waals surface area contributed by atoms with Gasteiger partial charge in [-0.3, -0.25) is 0 Å². The molecule has 2 rings (SSSR count). The quantitative estimate of drug-likeness (QED) is 0.697. The van der Waals surface area contributed by atoms with Gasteiger partial charge in [-0.25, -0.2) is 0 Å². The average molecular weight is 296 g/mol. The predicted octanol–water partition coefficient (Wildman–Crippen LogP) is 5.73. The minimum absolute atomic E-state index is 0.612. The molecule has 2 aromatic carbocycles. The molecular weight excluding hydrogens is 281 g/mol. The third kappa shape index (κ3) is 3.57. The van der Waals surface area contributed by atoms with E-state index in [0.717, 1.165) is 28.3 Å². The Morgan fingerprint density at radius 2 is 1.55 bits per heavy atom. The van der Waals surface area contributed by atoms with Crippen molar-refractivity contribution in [1.82, 2.24) is 0 Å². The van der Waals surface area contributed by atoms with Gasteiger partial charge in [-0.1, -0.05) is 24.8 Å². The number of rotatable bonds is 3. The fourth-order valence-corrected chi connectivity index (χ4v) is 2.89. The zero-order chi connectivity index (χ0) is 14.8. The van der Waals surface area contributed by atoms with E-state index in [1.807, 2.05) is 6.07 Å². The molecule has 0 unspecified atom stereocenters. The van der Waals surface area contributed by atoms with Gasteiger partial charge in [-0.05, 0) is 60.9 Å². The van der Waals surface area contributed by atoms with Crippen molar-refractivity contribution in [2.24, 2.45) is 0 Å². The van der Waals surface area contributed by atoms with E-state index in [9.17, 15) is 13.2 Å². The van der Waals surface area contributed by atoms with Crippen molar-refractivity contribution in [1.29, 1.82) is 0 Å². The van der Waals surface area contributed by atoms with Crippen LogP contribution in [-0.4, -0.2) is 0 Å². The van der Waals surface area contributed by atoms with Crippen LogP contribution in [0.5, 0.6) is 0 Å². The summed E-state index contributed by atoms with van der Waals surface area (Å²) in [6, 6.07) is 11.4. The lowest BCUT2D eigenvalue weighted by Gasteiger charge is -2.09. The van der Waals surface area contributed by atoms with E-state index in [-0.39, 0.29) is 0 Å². The monoisotopic (exact) mass is 296 g/mol. The molecule has 0 fully saturated rings. The van der Waals surface area contributed by atoms with E-state index in [1.54, 1.807) is 0 Å². The van der Waals surface area contributed by atoms with E-state index in [2.05, 4.69) is 26.0 Å². The summed E-state index contributed by atoms with van der Waals surface area (Å²) in [5.41, 5.74) is 1.89. The van der Waals surface area contributed by atoms with Gasteiger partial charge in [0, 0.05) is 9.79 Å². The van der Waals surface area contributed by atoms with Crippen LogP contribution in [0.3, 0.4) is 0 Å². The molecule has 0 aliphatic heterocycles. The fraction of sp³-hybridized carbons (Fsp3) is 0.250. The van der Waals surface area contributed by atoms with Gasteiger partial charge in [0.15, 0.2) is 0 Å². The molecule has 0 radical (unpaired) electrons. The Labute approximate surface area is 121 Å². The van der Waals surface area contributed by atoms with Crippen molar-refractivity contribution >= 4 is 11.8 Å². The van der Waals surface area contributed by atoms with E-state index in [1.165, 1.54) is 35.0 Å². The van der Waals surface area contributed by atoms with Crippen molar-refractivity contribution in [3.05, 3.63) is 59.2 Å². The van der Waals surface area contributed by atoms with Crippen LogP contribution < -0.4 is 0 Å². The van der Waals surface area contributed by atoms with Gasteiger partial charge in [-0.2, -0.15) is 13.2 Å². The lowest BCUT2D eigenvalue weighted by Crippen LogP contribution is -2.03. The zero-order valence-corrected chi connectivity index (χ0v) is 12.1. The van der Waals surface area contributed by atoms with Crippen molar-refractivity contribution in [3.8, 4) is 0 Å². The summed E-state index contributed by atoms with van der Waals surface area (Å²) >= 11 is 1.47. The highest BCUT2D eigenvalue weighted by molar-refractivity contribution is 7.99. The molecule has 0 N–H and O–H groups in total.